The van der Waals surface area contributed by atoms with Crippen LogP contribution in [0.2, 0.25) is 0 Å². The number of carbonyl (C=O) groups excluding carboxylic acids is 1. The van der Waals surface area contributed by atoms with Gasteiger partial charge in [-0.1, -0.05) is 0 Å². The number of aliphatic hydroxyl groups excluding tert-OH is 1. The lowest BCUT2D eigenvalue weighted by atomic mass is 10.1. The maximum Gasteiger partial charge on any atom is 0.325 e. The van der Waals surface area contributed by atoms with Gasteiger partial charge in [0.15, 0.2) is 0 Å². The van der Waals surface area contributed by atoms with Crippen LogP contribution in [0.3, 0.4) is 0 Å². The number of carbonyl (C=O) groups is 2. The van der Waals surface area contributed by atoms with E-state index in [1.54, 1.807) is 0 Å². The van der Waals surface area contributed by atoms with Crippen molar-refractivity contribution in [3.8, 4) is 0 Å². The van der Waals surface area contributed by atoms with E-state index >= 15 is 0 Å². The first-order chi connectivity index (χ1) is 6.97. The molecule has 6 heteroatoms. The highest BCUT2D eigenvalue weighted by Gasteiger charge is 2.13. The second kappa shape index (κ2) is 7.19. The third kappa shape index (κ3) is 6.87. The molecule has 0 aromatic heterocycles. The van der Waals surface area contributed by atoms with Gasteiger partial charge in [0, 0.05) is 13.0 Å². The van der Waals surface area contributed by atoms with Crippen LogP contribution in [0.5, 0.6) is 0 Å². The molecular formula is C9H18N2O4. The predicted molar refractivity (Wildman–Crippen MR) is 54.2 cm³/mol. The number of amides is 1. The van der Waals surface area contributed by atoms with E-state index in [1.165, 1.54) is 6.92 Å². The summed E-state index contributed by atoms with van der Waals surface area (Å²) in [5, 5.41) is 19.9. The Morgan fingerprint density at radius 1 is 1.47 bits per heavy atom. The number of carboxylic acids is 1. The number of hydrogen-bond acceptors (Lipinski definition) is 4. The van der Waals surface area contributed by atoms with Crippen molar-refractivity contribution in [3.63, 3.8) is 0 Å². The highest BCUT2D eigenvalue weighted by molar-refractivity contribution is 5.83. The van der Waals surface area contributed by atoms with Gasteiger partial charge in [-0.2, -0.15) is 0 Å². The van der Waals surface area contributed by atoms with E-state index in [-0.39, 0.29) is 18.9 Å². The van der Waals surface area contributed by atoms with Gasteiger partial charge >= 0.3 is 5.97 Å². The van der Waals surface area contributed by atoms with Crippen molar-refractivity contribution in [3.05, 3.63) is 0 Å². The smallest absolute Gasteiger partial charge is 0.325 e. The SMILES string of the molecule is C[C@H](NC(=O)CCC[C@H](O)CN)C(=O)O. The lowest BCUT2D eigenvalue weighted by Gasteiger charge is -2.10. The Kier molecular flexibility index (Phi) is 6.64. The molecule has 0 unspecified atom stereocenters. The number of hydrogen-bond donors (Lipinski definition) is 4. The number of carboxylic acid groups (broad SMARTS) is 1. The van der Waals surface area contributed by atoms with E-state index in [2.05, 4.69) is 5.32 Å². The molecule has 0 saturated carbocycles. The summed E-state index contributed by atoms with van der Waals surface area (Å²) in [6, 6.07) is -0.878. The minimum Gasteiger partial charge on any atom is -0.480 e. The molecule has 2 atom stereocenters. The molecule has 0 radical (unpaired) electrons. The van der Waals surface area contributed by atoms with E-state index < -0.39 is 18.1 Å². The zero-order valence-electron chi connectivity index (χ0n) is 8.77. The number of nitrogens with two attached hydrogens (primary N) is 1. The van der Waals surface area contributed by atoms with Crippen LogP contribution in [0.25, 0.3) is 0 Å². The summed E-state index contributed by atoms with van der Waals surface area (Å²) in [6.07, 6.45) is 0.561. The van der Waals surface area contributed by atoms with E-state index in [9.17, 15) is 9.59 Å². The molecule has 0 aliphatic heterocycles. The lowest BCUT2D eigenvalue weighted by Crippen LogP contribution is -2.38. The molecule has 0 saturated heterocycles. The summed E-state index contributed by atoms with van der Waals surface area (Å²) in [5.41, 5.74) is 5.18. The van der Waals surface area contributed by atoms with Crippen LogP contribution < -0.4 is 11.1 Å². The van der Waals surface area contributed by atoms with Crippen LogP contribution in [-0.2, 0) is 9.59 Å². The van der Waals surface area contributed by atoms with E-state index in [4.69, 9.17) is 15.9 Å². The predicted octanol–water partition coefficient (Wildman–Crippen LogP) is -0.934. The number of nitrogens with one attached hydrogen (secondary N) is 1. The standard InChI is InChI=1S/C9H18N2O4/c1-6(9(14)15)11-8(13)4-2-3-7(12)5-10/h6-7,12H,2-5,10H2,1H3,(H,11,13)(H,14,15)/t6-,7-/m0/s1. The van der Waals surface area contributed by atoms with Gasteiger partial charge in [0.1, 0.15) is 6.04 Å². The van der Waals surface area contributed by atoms with Crippen LogP contribution in [0, 0.1) is 0 Å². The topological polar surface area (TPSA) is 113 Å². The summed E-state index contributed by atoms with van der Waals surface area (Å²) in [4.78, 5) is 21.5. The molecule has 0 aromatic carbocycles. The molecule has 0 spiro atoms. The molecule has 0 heterocycles. The van der Waals surface area contributed by atoms with Crippen molar-refractivity contribution < 1.29 is 19.8 Å². The second-order valence-corrected chi connectivity index (χ2v) is 3.41. The third-order valence-electron chi connectivity index (χ3n) is 1.96. The molecule has 0 bridgehead atoms. The molecule has 88 valence electrons. The van der Waals surface area contributed by atoms with Crippen molar-refractivity contribution in [1.82, 2.24) is 5.32 Å². The molecule has 0 rings (SSSR count). The molecule has 5 N–H and O–H groups in total. The van der Waals surface area contributed by atoms with Gasteiger partial charge in [-0.15, -0.1) is 0 Å². The maximum absolute atomic E-state index is 11.1. The number of rotatable bonds is 7. The lowest BCUT2D eigenvalue weighted by molar-refractivity contribution is -0.141. The molecule has 1 amide bonds. The minimum atomic E-state index is -1.06. The van der Waals surface area contributed by atoms with Crippen molar-refractivity contribution in [2.75, 3.05) is 6.54 Å². The number of aliphatic carboxylic acids is 1. The first kappa shape index (κ1) is 13.9. The van der Waals surface area contributed by atoms with Gasteiger partial charge in [0.05, 0.1) is 6.10 Å². The first-order valence-corrected chi connectivity index (χ1v) is 4.87. The molecule has 6 nitrogen and oxygen atoms in total. The average molecular weight is 218 g/mol. The Labute approximate surface area is 88.5 Å². The molecule has 0 aliphatic rings. The van der Waals surface area contributed by atoms with Gasteiger partial charge < -0.3 is 21.3 Å². The normalized spacial score (nSPS) is 14.3. The van der Waals surface area contributed by atoms with Gasteiger partial charge in [-0.25, -0.2) is 0 Å². The fraction of sp³-hybridized carbons (Fsp3) is 0.778. The first-order valence-electron chi connectivity index (χ1n) is 4.87. The molecule has 15 heavy (non-hydrogen) atoms. The van der Waals surface area contributed by atoms with Crippen LogP contribution in [0.4, 0.5) is 0 Å². The fourth-order valence-electron chi connectivity index (χ4n) is 0.991. The van der Waals surface area contributed by atoms with E-state index in [1.807, 2.05) is 0 Å². The van der Waals surface area contributed by atoms with Crippen LogP contribution in [-0.4, -0.2) is 40.8 Å². The highest BCUT2D eigenvalue weighted by atomic mass is 16.4. The van der Waals surface area contributed by atoms with Gasteiger partial charge in [0.25, 0.3) is 0 Å². The number of aliphatic hydroxyl groups is 1. The second-order valence-electron chi connectivity index (χ2n) is 3.41. The van der Waals surface area contributed by atoms with Crippen molar-refractivity contribution in [1.29, 1.82) is 0 Å². The largest absolute Gasteiger partial charge is 0.480 e. The van der Waals surface area contributed by atoms with Crippen LogP contribution >= 0.6 is 0 Å². The van der Waals surface area contributed by atoms with Crippen molar-refractivity contribution in [2.24, 2.45) is 5.73 Å². The minimum absolute atomic E-state index is 0.174. The highest BCUT2D eigenvalue weighted by Crippen LogP contribution is 2.00. The zero-order valence-corrected chi connectivity index (χ0v) is 8.77. The summed E-state index contributed by atoms with van der Waals surface area (Å²) in [6.45, 7) is 1.57. The Bertz CT molecular complexity index is 220. The maximum atomic E-state index is 11.1. The Morgan fingerprint density at radius 3 is 2.53 bits per heavy atom. The molecule has 0 aliphatic carbocycles. The summed E-state index contributed by atoms with van der Waals surface area (Å²) < 4.78 is 0. The Hall–Kier alpha value is -1.14. The van der Waals surface area contributed by atoms with Gasteiger partial charge in [0.2, 0.25) is 5.91 Å². The quantitative estimate of drug-likeness (QED) is 0.441. The Morgan fingerprint density at radius 2 is 2.07 bits per heavy atom. The molecule has 0 fully saturated rings. The fourth-order valence-corrected chi connectivity index (χ4v) is 0.991. The third-order valence-corrected chi connectivity index (χ3v) is 1.96. The zero-order chi connectivity index (χ0) is 11.8. The summed E-state index contributed by atoms with van der Waals surface area (Å²) in [5.74, 6) is -1.39. The van der Waals surface area contributed by atoms with Crippen LogP contribution in [0.15, 0.2) is 0 Å². The van der Waals surface area contributed by atoms with Crippen molar-refractivity contribution in [2.45, 2.75) is 38.3 Å². The summed E-state index contributed by atoms with van der Waals surface area (Å²) in [7, 11) is 0. The van der Waals surface area contributed by atoms with Gasteiger partial charge in [-0.05, 0) is 19.8 Å². The van der Waals surface area contributed by atoms with E-state index in [0.717, 1.165) is 0 Å². The molecular weight excluding hydrogens is 200 g/mol. The molecule has 0 aromatic rings. The summed E-state index contributed by atoms with van der Waals surface area (Å²) >= 11 is 0. The van der Waals surface area contributed by atoms with Crippen molar-refractivity contribution >= 4 is 11.9 Å². The van der Waals surface area contributed by atoms with Crippen LogP contribution in [0.1, 0.15) is 26.2 Å². The van der Waals surface area contributed by atoms with E-state index in [0.29, 0.717) is 12.8 Å². The average Bonchev–Trinajstić information content (AvgIpc) is 2.17. The van der Waals surface area contributed by atoms with Gasteiger partial charge in [-0.3, -0.25) is 9.59 Å². The monoisotopic (exact) mass is 218 g/mol. The Balaban J connectivity index is 3.62.